The van der Waals surface area contributed by atoms with E-state index in [0.717, 1.165) is 0 Å². The molecule has 8 heteroatoms. The summed E-state index contributed by atoms with van der Waals surface area (Å²) in [6.45, 7) is 0.659. The molecule has 0 fully saturated rings. The third-order valence-electron chi connectivity index (χ3n) is 3.30. The Labute approximate surface area is 154 Å². The van der Waals surface area contributed by atoms with E-state index in [-0.39, 0.29) is 11.6 Å². The highest BCUT2D eigenvalue weighted by molar-refractivity contribution is 6.32. The minimum atomic E-state index is -0.335. The number of nitrogens with one attached hydrogen (secondary N) is 1. The Morgan fingerprint density at radius 3 is 2.64 bits per heavy atom. The van der Waals surface area contributed by atoms with Crippen molar-refractivity contribution in [1.82, 2.24) is 20.3 Å². The van der Waals surface area contributed by atoms with Gasteiger partial charge in [-0.25, -0.2) is 4.68 Å². The molecule has 0 atom stereocenters. The lowest BCUT2D eigenvalue weighted by atomic mass is 10.3. The van der Waals surface area contributed by atoms with E-state index in [0.29, 0.717) is 34.6 Å². The number of hydrogen-bond acceptors (Lipinski definition) is 4. The third kappa shape index (κ3) is 4.49. The second-order valence-electron chi connectivity index (χ2n) is 5.06. The lowest BCUT2D eigenvalue weighted by Crippen LogP contribution is -2.28. The molecule has 0 aliphatic carbocycles. The molecule has 1 N–H and O–H groups in total. The number of halogens is 2. The molecular formula is C17H14Cl2N4O2. The fraction of sp³-hybridized carbons (Fsp3) is 0.118. The molecule has 1 amide bonds. The number of amides is 1. The zero-order chi connectivity index (χ0) is 17.6. The molecule has 3 aromatic rings. The average molecular weight is 377 g/mol. The van der Waals surface area contributed by atoms with E-state index < -0.39 is 0 Å². The number of carbonyl (C=O) groups excluding carboxylic acids is 1. The molecule has 0 spiro atoms. The number of ether oxygens (including phenoxy) is 1. The molecule has 0 radical (unpaired) electrons. The topological polar surface area (TPSA) is 69.0 Å². The molecule has 0 bridgehead atoms. The maximum atomic E-state index is 12.1. The van der Waals surface area contributed by atoms with E-state index in [1.54, 1.807) is 36.4 Å². The van der Waals surface area contributed by atoms with Gasteiger partial charge >= 0.3 is 0 Å². The average Bonchev–Trinajstić information content (AvgIpc) is 3.10. The summed E-state index contributed by atoms with van der Waals surface area (Å²) in [5, 5.41) is 11.7. The van der Waals surface area contributed by atoms with Crippen molar-refractivity contribution in [2.45, 2.75) is 0 Å². The smallest absolute Gasteiger partial charge is 0.273 e. The van der Waals surface area contributed by atoms with E-state index in [4.69, 9.17) is 27.9 Å². The Hall–Kier alpha value is -2.57. The summed E-state index contributed by atoms with van der Waals surface area (Å²) in [5.41, 5.74) is 0.855. The monoisotopic (exact) mass is 376 g/mol. The second kappa shape index (κ2) is 8.00. The molecule has 3 rings (SSSR count). The lowest BCUT2D eigenvalue weighted by Gasteiger charge is -2.06. The first-order valence-electron chi connectivity index (χ1n) is 7.47. The number of rotatable bonds is 6. The van der Waals surface area contributed by atoms with Crippen LogP contribution < -0.4 is 10.1 Å². The molecule has 128 valence electrons. The molecule has 0 unspecified atom stereocenters. The first kappa shape index (κ1) is 17.3. The molecule has 1 aromatic heterocycles. The number of hydrogen-bond donors (Lipinski definition) is 1. The van der Waals surface area contributed by atoms with Crippen molar-refractivity contribution >= 4 is 29.1 Å². The summed E-state index contributed by atoms with van der Waals surface area (Å²) in [6, 6.07) is 14.2. The highest BCUT2D eigenvalue weighted by atomic mass is 35.5. The van der Waals surface area contributed by atoms with Crippen LogP contribution in [-0.4, -0.2) is 34.1 Å². The number of carbonyl (C=O) groups is 1. The molecule has 1 heterocycles. The molecule has 0 aliphatic rings. The minimum Gasteiger partial charge on any atom is -0.492 e. The van der Waals surface area contributed by atoms with Crippen LogP contribution in [-0.2, 0) is 0 Å². The molecular weight excluding hydrogens is 363 g/mol. The number of para-hydroxylation sites is 1. The number of aromatic nitrogens is 3. The SMILES string of the molecule is O=C(NCCOc1ccc(Cl)cc1)c1cn(-c2ccccc2Cl)nn1. The van der Waals surface area contributed by atoms with Gasteiger partial charge in [0.15, 0.2) is 5.69 Å². The summed E-state index contributed by atoms with van der Waals surface area (Å²) in [6.07, 6.45) is 1.52. The zero-order valence-electron chi connectivity index (χ0n) is 13.0. The van der Waals surface area contributed by atoms with Crippen LogP contribution in [0.15, 0.2) is 54.7 Å². The van der Waals surface area contributed by atoms with Gasteiger partial charge in [0.05, 0.1) is 23.5 Å². The van der Waals surface area contributed by atoms with Crippen LogP contribution in [0, 0.1) is 0 Å². The van der Waals surface area contributed by atoms with Crippen molar-refractivity contribution in [1.29, 1.82) is 0 Å². The van der Waals surface area contributed by atoms with Gasteiger partial charge in [-0.05, 0) is 36.4 Å². The van der Waals surface area contributed by atoms with Crippen LogP contribution in [0.5, 0.6) is 5.75 Å². The number of nitrogens with zero attached hydrogens (tertiary/aromatic N) is 3. The summed E-state index contributed by atoms with van der Waals surface area (Å²) in [4.78, 5) is 12.1. The Morgan fingerprint density at radius 1 is 1.12 bits per heavy atom. The molecule has 0 saturated carbocycles. The zero-order valence-corrected chi connectivity index (χ0v) is 14.5. The van der Waals surface area contributed by atoms with E-state index in [2.05, 4.69) is 15.6 Å². The summed E-state index contributed by atoms with van der Waals surface area (Å²) in [5.74, 6) is 0.348. The predicted molar refractivity (Wildman–Crippen MR) is 95.6 cm³/mol. The fourth-order valence-electron chi connectivity index (χ4n) is 2.08. The Kier molecular flexibility index (Phi) is 5.53. The van der Waals surface area contributed by atoms with E-state index >= 15 is 0 Å². The fourth-order valence-corrected chi connectivity index (χ4v) is 2.43. The van der Waals surface area contributed by atoms with Gasteiger partial charge in [0.2, 0.25) is 0 Å². The van der Waals surface area contributed by atoms with Crippen molar-refractivity contribution in [3.8, 4) is 11.4 Å². The maximum Gasteiger partial charge on any atom is 0.273 e. The summed E-state index contributed by atoms with van der Waals surface area (Å²) < 4.78 is 6.97. The highest BCUT2D eigenvalue weighted by Crippen LogP contribution is 2.18. The first-order valence-corrected chi connectivity index (χ1v) is 8.23. The largest absolute Gasteiger partial charge is 0.492 e. The van der Waals surface area contributed by atoms with Gasteiger partial charge in [0, 0.05) is 5.02 Å². The van der Waals surface area contributed by atoms with Crippen molar-refractivity contribution in [2.24, 2.45) is 0 Å². The van der Waals surface area contributed by atoms with Gasteiger partial charge in [0.1, 0.15) is 12.4 Å². The molecule has 25 heavy (non-hydrogen) atoms. The van der Waals surface area contributed by atoms with Crippen molar-refractivity contribution < 1.29 is 9.53 Å². The van der Waals surface area contributed by atoms with Crippen LogP contribution in [0.1, 0.15) is 10.5 Å². The Morgan fingerprint density at radius 2 is 1.88 bits per heavy atom. The van der Waals surface area contributed by atoms with E-state index in [1.807, 2.05) is 12.1 Å². The third-order valence-corrected chi connectivity index (χ3v) is 3.87. The van der Waals surface area contributed by atoms with Crippen LogP contribution in [0.3, 0.4) is 0 Å². The van der Waals surface area contributed by atoms with Gasteiger partial charge in [-0.2, -0.15) is 0 Å². The van der Waals surface area contributed by atoms with Crippen molar-refractivity contribution in [3.05, 3.63) is 70.5 Å². The normalized spacial score (nSPS) is 10.5. The van der Waals surface area contributed by atoms with E-state index in [9.17, 15) is 4.79 Å². The van der Waals surface area contributed by atoms with Gasteiger partial charge in [-0.1, -0.05) is 40.5 Å². The van der Waals surface area contributed by atoms with Crippen LogP contribution in [0.25, 0.3) is 5.69 Å². The summed E-state index contributed by atoms with van der Waals surface area (Å²) >= 11 is 11.9. The van der Waals surface area contributed by atoms with Gasteiger partial charge in [0.25, 0.3) is 5.91 Å². The number of benzene rings is 2. The Balaban J connectivity index is 1.52. The second-order valence-corrected chi connectivity index (χ2v) is 5.90. The van der Waals surface area contributed by atoms with Crippen molar-refractivity contribution in [2.75, 3.05) is 13.2 Å². The quantitative estimate of drug-likeness (QED) is 0.669. The Bertz CT molecular complexity index is 865. The van der Waals surface area contributed by atoms with Crippen LogP contribution in [0.2, 0.25) is 10.0 Å². The van der Waals surface area contributed by atoms with E-state index in [1.165, 1.54) is 10.9 Å². The molecule has 0 saturated heterocycles. The predicted octanol–water partition coefficient (Wildman–Crippen LogP) is 3.38. The lowest BCUT2D eigenvalue weighted by molar-refractivity contribution is 0.0942. The maximum absolute atomic E-state index is 12.1. The van der Waals surface area contributed by atoms with Crippen LogP contribution in [0.4, 0.5) is 0 Å². The summed E-state index contributed by atoms with van der Waals surface area (Å²) in [7, 11) is 0. The first-order chi connectivity index (χ1) is 12.1. The minimum absolute atomic E-state index is 0.200. The van der Waals surface area contributed by atoms with Gasteiger partial charge in [-0.15, -0.1) is 5.10 Å². The van der Waals surface area contributed by atoms with Crippen LogP contribution >= 0.6 is 23.2 Å². The highest BCUT2D eigenvalue weighted by Gasteiger charge is 2.12. The molecule has 2 aromatic carbocycles. The van der Waals surface area contributed by atoms with Gasteiger partial charge < -0.3 is 10.1 Å². The standard InChI is InChI=1S/C17H14Cl2N4O2/c18-12-5-7-13(8-6-12)25-10-9-20-17(24)15-11-23(22-21-15)16-4-2-1-3-14(16)19/h1-8,11H,9-10H2,(H,20,24). The molecule has 0 aliphatic heterocycles. The van der Waals surface area contributed by atoms with Gasteiger partial charge in [-0.3, -0.25) is 4.79 Å². The molecule has 6 nitrogen and oxygen atoms in total. The van der Waals surface area contributed by atoms with Crippen molar-refractivity contribution in [3.63, 3.8) is 0 Å².